The van der Waals surface area contributed by atoms with Crippen molar-refractivity contribution in [3.8, 4) is 22.5 Å². The average molecular weight is 545 g/mol. The molecule has 0 aliphatic carbocycles. The number of nitrogens with two attached hydrogens (primary N) is 1. The van der Waals surface area contributed by atoms with E-state index < -0.39 is 23.9 Å². The number of anilines is 1. The molecular weight excluding hydrogens is 516 g/mol. The number of hydrogen-bond donors (Lipinski definition) is 2. The van der Waals surface area contributed by atoms with Gasteiger partial charge < -0.3 is 15.8 Å². The van der Waals surface area contributed by atoms with E-state index in [4.69, 9.17) is 20.4 Å². The largest absolute Gasteiger partial charge is 0.449 e. The third-order valence-corrected chi connectivity index (χ3v) is 6.64. The van der Waals surface area contributed by atoms with Gasteiger partial charge in [0.2, 0.25) is 5.91 Å². The molecule has 0 radical (unpaired) electrons. The second kappa shape index (κ2) is 11.4. The Labute approximate surface area is 237 Å². The lowest BCUT2D eigenvalue weighted by molar-refractivity contribution is -0.123. The number of fused-ring (bicyclic) bond motifs is 1. The maximum absolute atomic E-state index is 13.0. The molecule has 5 rings (SSSR count). The number of primary amides is 1. The third kappa shape index (κ3) is 6.12. The number of aromatic nitrogens is 2. The first-order valence-corrected chi connectivity index (χ1v) is 13.1. The summed E-state index contributed by atoms with van der Waals surface area (Å²) in [5, 5.41) is 2.66. The summed E-state index contributed by atoms with van der Waals surface area (Å²) in [6.07, 6.45) is -1.08. The molecule has 204 valence electrons. The summed E-state index contributed by atoms with van der Waals surface area (Å²) >= 11 is 0. The van der Waals surface area contributed by atoms with Gasteiger partial charge in [-0.2, -0.15) is 0 Å². The van der Waals surface area contributed by atoms with E-state index >= 15 is 0 Å². The summed E-state index contributed by atoms with van der Waals surface area (Å²) in [6.45, 7) is 5.54. The Kier molecular flexibility index (Phi) is 7.56. The van der Waals surface area contributed by atoms with E-state index in [9.17, 15) is 14.4 Å². The average Bonchev–Trinajstić information content (AvgIpc) is 2.97. The SMILES string of the molecule is Cc1ccc(-c2nc3ccc(C(=O)OC(C)C(=O)Nc4ccc(C(N)=O)cc4)cc3nc2-c2ccc(C)cc2)cc1. The predicted octanol–water partition coefficient (Wildman–Crippen LogP) is 5.86. The number of rotatable bonds is 7. The first-order valence-electron chi connectivity index (χ1n) is 13.1. The minimum atomic E-state index is -1.08. The fourth-order valence-electron chi connectivity index (χ4n) is 4.25. The summed E-state index contributed by atoms with van der Waals surface area (Å²) in [5.41, 5.74) is 13.0. The normalized spacial score (nSPS) is 11.6. The molecule has 5 aromatic rings. The van der Waals surface area contributed by atoms with Crippen LogP contribution in [-0.4, -0.2) is 33.9 Å². The smallest absolute Gasteiger partial charge is 0.338 e. The lowest BCUT2D eigenvalue weighted by Crippen LogP contribution is -2.30. The highest BCUT2D eigenvalue weighted by molar-refractivity contribution is 5.99. The number of carbonyl (C=O) groups excluding carboxylic acids is 3. The fraction of sp³-hybridized carbons (Fsp3) is 0.121. The van der Waals surface area contributed by atoms with Crippen molar-refractivity contribution in [2.24, 2.45) is 5.73 Å². The number of carbonyl (C=O) groups is 3. The van der Waals surface area contributed by atoms with Gasteiger partial charge in [0.05, 0.1) is 28.0 Å². The molecule has 1 unspecified atom stereocenters. The van der Waals surface area contributed by atoms with Gasteiger partial charge in [0.25, 0.3) is 5.91 Å². The Morgan fingerprint density at radius 3 is 1.76 bits per heavy atom. The zero-order valence-electron chi connectivity index (χ0n) is 22.8. The van der Waals surface area contributed by atoms with Gasteiger partial charge in [0, 0.05) is 22.4 Å². The van der Waals surface area contributed by atoms with Crippen LogP contribution in [0.25, 0.3) is 33.5 Å². The van der Waals surface area contributed by atoms with Gasteiger partial charge in [-0.3, -0.25) is 9.59 Å². The number of benzene rings is 4. The monoisotopic (exact) mass is 544 g/mol. The molecule has 0 saturated carbocycles. The summed E-state index contributed by atoms with van der Waals surface area (Å²) in [7, 11) is 0. The number of nitrogens with one attached hydrogen (secondary N) is 1. The molecule has 3 N–H and O–H groups in total. The van der Waals surface area contributed by atoms with Crippen molar-refractivity contribution in [1.82, 2.24) is 9.97 Å². The number of amides is 2. The Morgan fingerprint density at radius 1 is 0.707 bits per heavy atom. The maximum atomic E-state index is 13.0. The molecular formula is C33H28N4O4. The molecule has 0 fully saturated rings. The van der Waals surface area contributed by atoms with Crippen LogP contribution in [0.5, 0.6) is 0 Å². The topological polar surface area (TPSA) is 124 Å². The lowest BCUT2D eigenvalue weighted by atomic mass is 10.0. The van der Waals surface area contributed by atoms with Crippen LogP contribution in [-0.2, 0) is 9.53 Å². The van der Waals surface area contributed by atoms with E-state index in [0.29, 0.717) is 28.0 Å². The molecule has 1 atom stereocenters. The predicted molar refractivity (Wildman–Crippen MR) is 158 cm³/mol. The van der Waals surface area contributed by atoms with Crippen LogP contribution in [0.3, 0.4) is 0 Å². The van der Waals surface area contributed by atoms with E-state index in [1.54, 1.807) is 30.3 Å². The van der Waals surface area contributed by atoms with Crippen LogP contribution in [0.1, 0.15) is 38.8 Å². The molecule has 0 saturated heterocycles. The Balaban J connectivity index is 1.41. The highest BCUT2D eigenvalue weighted by Crippen LogP contribution is 2.31. The first kappa shape index (κ1) is 27.2. The fourth-order valence-corrected chi connectivity index (χ4v) is 4.25. The number of esters is 1. The van der Waals surface area contributed by atoms with E-state index in [2.05, 4.69) is 5.32 Å². The van der Waals surface area contributed by atoms with Gasteiger partial charge in [0.15, 0.2) is 6.10 Å². The molecule has 0 aliphatic heterocycles. The van der Waals surface area contributed by atoms with Crippen LogP contribution < -0.4 is 11.1 Å². The van der Waals surface area contributed by atoms with Crippen molar-refractivity contribution in [1.29, 1.82) is 0 Å². The van der Waals surface area contributed by atoms with E-state index in [-0.39, 0.29) is 5.56 Å². The molecule has 1 heterocycles. The van der Waals surface area contributed by atoms with Crippen molar-refractivity contribution in [2.45, 2.75) is 26.9 Å². The summed E-state index contributed by atoms with van der Waals surface area (Å²) in [6, 6.07) is 27.2. The first-order chi connectivity index (χ1) is 19.7. The molecule has 2 amide bonds. The van der Waals surface area contributed by atoms with Crippen molar-refractivity contribution in [3.05, 3.63) is 113 Å². The second-order valence-electron chi connectivity index (χ2n) is 9.83. The van der Waals surface area contributed by atoms with Crippen molar-refractivity contribution in [3.63, 3.8) is 0 Å². The van der Waals surface area contributed by atoms with Crippen LogP contribution in [0.4, 0.5) is 5.69 Å². The molecule has 8 heteroatoms. The quantitative estimate of drug-likeness (QED) is 0.247. The number of aryl methyl sites for hydroxylation is 2. The summed E-state index contributed by atoms with van der Waals surface area (Å²) in [4.78, 5) is 46.7. The van der Waals surface area contributed by atoms with Crippen LogP contribution in [0.15, 0.2) is 91.0 Å². The highest BCUT2D eigenvalue weighted by Gasteiger charge is 2.21. The van der Waals surface area contributed by atoms with Gasteiger partial charge in [-0.05, 0) is 63.2 Å². The Morgan fingerprint density at radius 2 is 1.22 bits per heavy atom. The second-order valence-corrected chi connectivity index (χ2v) is 9.83. The van der Waals surface area contributed by atoms with Gasteiger partial charge in [-0.25, -0.2) is 14.8 Å². The van der Waals surface area contributed by atoms with Crippen molar-refractivity contribution < 1.29 is 19.1 Å². The van der Waals surface area contributed by atoms with Gasteiger partial charge in [-0.1, -0.05) is 59.7 Å². The summed E-state index contributed by atoms with van der Waals surface area (Å²) < 4.78 is 5.44. The molecule has 1 aromatic heterocycles. The third-order valence-electron chi connectivity index (χ3n) is 6.64. The van der Waals surface area contributed by atoms with E-state index in [1.165, 1.54) is 19.1 Å². The molecule has 8 nitrogen and oxygen atoms in total. The van der Waals surface area contributed by atoms with Crippen LogP contribution in [0.2, 0.25) is 0 Å². The van der Waals surface area contributed by atoms with Crippen LogP contribution in [0, 0.1) is 13.8 Å². The molecule has 4 aromatic carbocycles. The minimum absolute atomic E-state index is 0.246. The summed E-state index contributed by atoms with van der Waals surface area (Å²) in [5.74, 6) is -1.75. The maximum Gasteiger partial charge on any atom is 0.338 e. The highest BCUT2D eigenvalue weighted by atomic mass is 16.5. The van der Waals surface area contributed by atoms with Crippen LogP contribution >= 0.6 is 0 Å². The zero-order valence-corrected chi connectivity index (χ0v) is 22.8. The van der Waals surface area contributed by atoms with Gasteiger partial charge in [0.1, 0.15) is 0 Å². The standard InChI is InChI=1S/C33H28N4O4/c1-19-4-8-22(9-5-19)29-30(23-10-6-20(2)7-11-23)37-28-18-25(14-17-27(28)36-29)33(40)41-21(3)32(39)35-26-15-12-24(13-16-26)31(34)38/h4-18,21H,1-3H3,(H2,34,38)(H,35,39). The van der Waals surface area contributed by atoms with E-state index in [1.807, 2.05) is 62.4 Å². The minimum Gasteiger partial charge on any atom is -0.449 e. The number of nitrogens with zero attached hydrogens (tertiary/aromatic N) is 2. The van der Waals surface area contributed by atoms with Crippen molar-refractivity contribution in [2.75, 3.05) is 5.32 Å². The molecule has 0 spiro atoms. The Bertz CT molecular complexity index is 1760. The Hall–Kier alpha value is -5.37. The van der Waals surface area contributed by atoms with E-state index in [0.717, 1.165) is 27.9 Å². The van der Waals surface area contributed by atoms with Gasteiger partial charge in [-0.15, -0.1) is 0 Å². The van der Waals surface area contributed by atoms with Gasteiger partial charge >= 0.3 is 5.97 Å². The number of ether oxygens (including phenoxy) is 1. The van der Waals surface area contributed by atoms with Crippen molar-refractivity contribution >= 4 is 34.5 Å². The molecule has 41 heavy (non-hydrogen) atoms. The number of hydrogen-bond acceptors (Lipinski definition) is 6. The lowest BCUT2D eigenvalue weighted by Gasteiger charge is -2.14. The zero-order chi connectivity index (χ0) is 29.1. The molecule has 0 bridgehead atoms. The molecule has 0 aliphatic rings.